The highest BCUT2D eigenvalue weighted by atomic mass is 32.2. The smallest absolute Gasteiger partial charge is 0.251 e. The van der Waals surface area contributed by atoms with Crippen molar-refractivity contribution >= 4 is 16.7 Å². The van der Waals surface area contributed by atoms with Gasteiger partial charge < -0.3 is 9.73 Å². The second-order valence-corrected chi connectivity index (χ2v) is 9.02. The molecule has 0 aliphatic carbocycles. The molecule has 5 nitrogen and oxygen atoms in total. The molecule has 162 valence electrons. The van der Waals surface area contributed by atoms with Gasteiger partial charge in [0.1, 0.15) is 5.76 Å². The Morgan fingerprint density at radius 1 is 0.938 bits per heavy atom. The van der Waals surface area contributed by atoms with Gasteiger partial charge in [-0.3, -0.25) is 9.00 Å². The van der Waals surface area contributed by atoms with Crippen molar-refractivity contribution in [1.82, 2.24) is 10.3 Å². The van der Waals surface area contributed by atoms with E-state index in [-0.39, 0.29) is 5.91 Å². The number of nitrogens with one attached hydrogen (secondary N) is 1. The van der Waals surface area contributed by atoms with E-state index in [0.29, 0.717) is 35.2 Å². The summed E-state index contributed by atoms with van der Waals surface area (Å²) >= 11 is 0. The fourth-order valence-electron chi connectivity index (χ4n) is 3.23. The molecule has 4 rings (SSSR count). The summed E-state index contributed by atoms with van der Waals surface area (Å²) < 4.78 is 18.5. The van der Waals surface area contributed by atoms with Gasteiger partial charge in [0.15, 0.2) is 0 Å². The molecule has 6 heteroatoms. The van der Waals surface area contributed by atoms with Crippen molar-refractivity contribution in [3.63, 3.8) is 0 Å². The Hall–Kier alpha value is -3.51. The number of carbonyl (C=O) groups excluding carboxylic acids is 1. The molecule has 1 aromatic heterocycles. The van der Waals surface area contributed by atoms with Crippen molar-refractivity contribution in [2.45, 2.75) is 31.0 Å². The van der Waals surface area contributed by atoms with Gasteiger partial charge in [-0.2, -0.15) is 0 Å². The highest BCUT2D eigenvalue weighted by Gasteiger charge is 2.16. The van der Waals surface area contributed by atoms with Gasteiger partial charge in [-0.25, -0.2) is 4.98 Å². The summed E-state index contributed by atoms with van der Waals surface area (Å²) in [6.07, 6.45) is 0. The molecular weight excluding hydrogens is 420 g/mol. The van der Waals surface area contributed by atoms with Crippen molar-refractivity contribution in [1.29, 1.82) is 0 Å². The van der Waals surface area contributed by atoms with Crippen LogP contribution in [0.25, 0.3) is 11.5 Å². The minimum atomic E-state index is -1.20. The molecule has 0 spiro atoms. The van der Waals surface area contributed by atoms with E-state index in [0.717, 1.165) is 21.6 Å². The summed E-state index contributed by atoms with van der Waals surface area (Å²) in [5.74, 6) is 1.25. The number of rotatable bonds is 7. The Kier molecular flexibility index (Phi) is 6.61. The number of aryl methyl sites for hydroxylation is 2. The van der Waals surface area contributed by atoms with Crippen LogP contribution < -0.4 is 5.32 Å². The highest BCUT2D eigenvalue weighted by molar-refractivity contribution is 7.84. The zero-order chi connectivity index (χ0) is 22.5. The monoisotopic (exact) mass is 444 g/mol. The Balaban J connectivity index is 1.42. The van der Waals surface area contributed by atoms with Gasteiger partial charge in [-0.05, 0) is 55.8 Å². The molecule has 1 atom stereocenters. The second-order valence-electron chi connectivity index (χ2n) is 7.57. The number of nitrogens with zero attached hydrogens (tertiary/aromatic N) is 1. The average molecular weight is 445 g/mol. The Labute approximate surface area is 190 Å². The average Bonchev–Trinajstić information content (AvgIpc) is 3.18. The van der Waals surface area contributed by atoms with Crippen LogP contribution in [0.5, 0.6) is 0 Å². The summed E-state index contributed by atoms with van der Waals surface area (Å²) in [5, 5.41) is 2.92. The van der Waals surface area contributed by atoms with E-state index in [4.69, 9.17) is 4.42 Å². The molecule has 32 heavy (non-hydrogen) atoms. The van der Waals surface area contributed by atoms with E-state index >= 15 is 0 Å². The first-order valence-corrected chi connectivity index (χ1v) is 11.7. The summed E-state index contributed by atoms with van der Waals surface area (Å²) in [6, 6.07) is 24.5. The van der Waals surface area contributed by atoms with Gasteiger partial charge in [-0.1, -0.05) is 48.0 Å². The zero-order valence-corrected chi connectivity index (χ0v) is 18.8. The number of carbonyl (C=O) groups is 1. The maximum atomic E-state index is 12.7. The van der Waals surface area contributed by atoms with Gasteiger partial charge in [0.05, 0.1) is 22.2 Å². The van der Waals surface area contributed by atoms with Crippen molar-refractivity contribution < 1.29 is 13.4 Å². The van der Waals surface area contributed by atoms with Crippen molar-refractivity contribution in [3.8, 4) is 11.5 Å². The molecule has 1 amide bonds. The van der Waals surface area contributed by atoms with Crippen LogP contribution in [-0.2, 0) is 23.1 Å². The van der Waals surface area contributed by atoms with E-state index < -0.39 is 10.8 Å². The fourth-order valence-corrected chi connectivity index (χ4v) is 4.35. The topological polar surface area (TPSA) is 72.2 Å². The third-order valence-corrected chi connectivity index (χ3v) is 6.47. The lowest BCUT2D eigenvalue weighted by Gasteiger charge is -2.05. The van der Waals surface area contributed by atoms with Crippen molar-refractivity contribution in [2.24, 2.45) is 0 Å². The summed E-state index contributed by atoms with van der Waals surface area (Å²) in [4.78, 5) is 17.7. The van der Waals surface area contributed by atoms with Gasteiger partial charge in [-0.15, -0.1) is 0 Å². The molecule has 0 fully saturated rings. The first-order valence-electron chi connectivity index (χ1n) is 10.3. The summed E-state index contributed by atoms with van der Waals surface area (Å²) in [6.45, 7) is 4.30. The predicted molar refractivity (Wildman–Crippen MR) is 126 cm³/mol. The lowest BCUT2D eigenvalue weighted by molar-refractivity contribution is 0.0951. The molecule has 0 unspecified atom stereocenters. The lowest BCUT2D eigenvalue weighted by atomic mass is 10.1. The Morgan fingerprint density at radius 3 is 2.31 bits per heavy atom. The second kappa shape index (κ2) is 9.75. The van der Waals surface area contributed by atoms with Crippen LogP contribution >= 0.6 is 0 Å². The number of benzene rings is 3. The molecule has 0 saturated heterocycles. The normalized spacial score (nSPS) is 11.8. The molecule has 1 heterocycles. The molecule has 0 aliphatic rings. The molecule has 0 radical (unpaired) electrons. The van der Waals surface area contributed by atoms with Crippen LogP contribution in [0.2, 0.25) is 0 Å². The zero-order valence-electron chi connectivity index (χ0n) is 18.0. The van der Waals surface area contributed by atoms with Gasteiger partial charge in [0.25, 0.3) is 5.91 Å². The Bertz CT molecular complexity index is 1230. The van der Waals surface area contributed by atoms with Crippen LogP contribution in [0.1, 0.15) is 32.9 Å². The first kappa shape index (κ1) is 21.7. The number of hydrogen-bond acceptors (Lipinski definition) is 4. The van der Waals surface area contributed by atoms with E-state index in [2.05, 4.69) is 10.3 Å². The third kappa shape index (κ3) is 5.21. The molecule has 0 saturated carbocycles. The van der Waals surface area contributed by atoms with Gasteiger partial charge in [0, 0.05) is 22.6 Å². The van der Waals surface area contributed by atoms with E-state index in [1.165, 1.54) is 0 Å². The maximum absolute atomic E-state index is 12.7. The molecule has 0 aliphatic heterocycles. The number of hydrogen-bond donors (Lipinski definition) is 1. The van der Waals surface area contributed by atoms with Crippen LogP contribution in [0, 0.1) is 13.8 Å². The van der Waals surface area contributed by atoms with Crippen LogP contribution in [0.4, 0.5) is 0 Å². The minimum Gasteiger partial charge on any atom is -0.441 e. The third-order valence-electron chi connectivity index (χ3n) is 5.13. The standard InChI is InChI=1S/C26H24N2O3S/c1-18-8-14-23(15-9-18)32(30)17-24-19(2)31-26(28-24)22-12-10-21(11-13-22)25(29)27-16-20-6-4-3-5-7-20/h3-15H,16-17H2,1-2H3,(H,27,29)/t32-/m0/s1. The van der Waals surface area contributed by atoms with Gasteiger partial charge >= 0.3 is 0 Å². The lowest BCUT2D eigenvalue weighted by Crippen LogP contribution is -2.22. The van der Waals surface area contributed by atoms with Gasteiger partial charge in [0.2, 0.25) is 5.89 Å². The molecule has 3 aromatic carbocycles. The summed E-state index contributed by atoms with van der Waals surface area (Å²) in [5.41, 5.74) is 4.17. The minimum absolute atomic E-state index is 0.141. The highest BCUT2D eigenvalue weighted by Crippen LogP contribution is 2.24. The van der Waals surface area contributed by atoms with E-state index in [9.17, 15) is 9.00 Å². The number of oxazole rings is 1. The van der Waals surface area contributed by atoms with E-state index in [1.54, 1.807) is 12.1 Å². The quantitative estimate of drug-likeness (QED) is 0.425. The number of amides is 1. The SMILES string of the molecule is Cc1ccc([S@@](=O)Cc2nc(-c3ccc(C(=O)NCc4ccccc4)cc3)oc2C)cc1. The molecule has 4 aromatic rings. The summed E-state index contributed by atoms with van der Waals surface area (Å²) in [7, 11) is -1.20. The molecule has 1 N–H and O–H groups in total. The van der Waals surface area contributed by atoms with Crippen LogP contribution in [-0.4, -0.2) is 15.1 Å². The van der Waals surface area contributed by atoms with Crippen molar-refractivity contribution in [2.75, 3.05) is 0 Å². The maximum Gasteiger partial charge on any atom is 0.251 e. The van der Waals surface area contributed by atoms with Crippen LogP contribution in [0.15, 0.2) is 88.2 Å². The van der Waals surface area contributed by atoms with Crippen molar-refractivity contribution in [3.05, 3.63) is 107 Å². The first-order chi connectivity index (χ1) is 15.5. The Morgan fingerprint density at radius 2 is 1.62 bits per heavy atom. The number of aromatic nitrogens is 1. The molecular formula is C26H24N2O3S. The molecule has 0 bridgehead atoms. The largest absolute Gasteiger partial charge is 0.441 e. The predicted octanol–water partition coefficient (Wildman–Crippen LogP) is 5.20. The fraction of sp³-hybridized carbons (Fsp3) is 0.154. The van der Waals surface area contributed by atoms with Crippen LogP contribution in [0.3, 0.4) is 0 Å². The van der Waals surface area contributed by atoms with E-state index in [1.807, 2.05) is 80.6 Å².